The van der Waals surface area contributed by atoms with E-state index in [2.05, 4.69) is 10.2 Å². The molecule has 0 saturated carbocycles. The Morgan fingerprint density at radius 1 is 1.44 bits per heavy atom. The largest absolute Gasteiger partial charge is 0.342 e. The number of aryl methyl sites for hydroxylation is 2. The molecule has 0 aliphatic carbocycles. The molecule has 5 heteroatoms. The highest BCUT2D eigenvalue weighted by molar-refractivity contribution is 6.33. The Labute approximate surface area is 98.2 Å². The van der Waals surface area contributed by atoms with Crippen molar-refractivity contribution in [3.05, 3.63) is 22.6 Å². The second-order valence-electron chi connectivity index (χ2n) is 3.80. The third-order valence-electron chi connectivity index (χ3n) is 2.92. The zero-order valence-electron chi connectivity index (χ0n) is 9.30. The zero-order chi connectivity index (χ0) is 11.7. The lowest BCUT2D eigenvalue weighted by atomic mass is 10.2. The molecule has 0 fully saturated rings. The molecule has 0 N–H and O–H groups in total. The number of hydrogen-bond donors (Lipinski definition) is 0. The molecule has 0 atom stereocenters. The summed E-state index contributed by atoms with van der Waals surface area (Å²) in [6, 6.07) is 0. The van der Waals surface area contributed by atoms with Crippen LogP contribution in [0.25, 0.3) is 10.9 Å². The Hall–Kier alpha value is -1.16. The molecule has 0 aliphatic heterocycles. The molecule has 0 saturated heterocycles. The predicted octanol–water partition coefficient (Wildman–Crippen LogP) is 3.06. The maximum atomic E-state index is 12.2. The Bertz CT molecular complexity index is 521. The van der Waals surface area contributed by atoms with Gasteiger partial charge in [-0.25, -0.2) is 0 Å². The van der Waals surface area contributed by atoms with Crippen molar-refractivity contribution in [3.63, 3.8) is 0 Å². The number of nitrogens with zero attached hydrogens (tertiary/aromatic N) is 3. The summed E-state index contributed by atoms with van der Waals surface area (Å²) in [6.45, 7) is 4.32. The highest BCUT2D eigenvalue weighted by Gasteiger charge is 2.14. The molecule has 0 unspecified atom stereocenters. The summed E-state index contributed by atoms with van der Waals surface area (Å²) in [7, 11) is 0. The van der Waals surface area contributed by atoms with E-state index in [0.29, 0.717) is 18.1 Å². The fourth-order valence-corrected chi connectivity index (χ4v) is 2.20. The van der Waals surface area contributed by atoms with E-state index < -0.39 is 0 Å². The highest BCUT2D eigenvalue weighted by atomic mass is 35.5. The maximum absolute atomic E-state index is 12.2. The molecule has 2 aromatic rings. The van der Waals surface area contributed by atoms with Gasteiger partial charge in [0, 0.05) is 17.6 Å². The van der Waals surface area contributed by atoms with E-state index in [1.165, 1.54) is 0 Å². The van der Waals surface area contributed by atoms with Crippen LogP contribution in [0.4, 0.5) is 4.39 Å². The third-order valence-corrected chi connectivity index (χ3v) is 3.17. The summed E-state index contributed by atoms with van der Waals surface area (Å²) >= 11 is 6.04. The van der Waals surface area contributed by atoms with E-state index in [9.17, 15) is 4.39 Å². The minimum absolute atomic E-state index is 0.325. The summed E-state index contributed by atoms with van der Waals surface area (Å²) in [4.78, 5) is 0. The van der Waals surface area contributed by atoms with Crippen LogP contribution in [0.15, 0.2) is 6.20 Å². The van der Waals surface area contributed by atoms with Crippen LogP contribution in [0.5, 0.6) is 0 Å². The third kappa shape index (κ3) is 1.67. The molecule has 0 aromatic carbocycles. The number of rotatable bonds is 3. The summed E-state index contributed by atoms with van der Waals surface area (Å²) in [6.07, 6.45) is 2.19. The second kappa shape index (κ2) is 4.37. The Morgan fingerprint density at radius 3 is 2.88 bits per heavy atom. The van der Waals surface area contributed by atoms with Gasteiger partial charge >= 0.3 is 0 Å². The lowest BCUT2D eigenvalue weighted by Gasteiger charge is -2.06. The van der Waals surface area contributed by atoms with E-state index in [4.69, 9.17) is 11.6 Å². The molecular weight excluding hydrogens is 229 g/mol. The number of alkyl halides is 1. The lowest BCUT2D eigenvalue weighted by Crippen LogP contribution is -2.02. The molecular formula is C11H13ClFN3. The SMILES string of the molecule is Cc1c(C)n(CCCF)c2c(Cl)nncc12. The zero-order valence-corrected chi connectivity index (χ0v) is 10.1. The Kier molecular flexibility index (Phi) is 3.10. The predicted molar refractivity (Wildman–Crippen MR) is 62.6 cm³/mol. The standard InChI is InChI=1S/C11H13ClFN3/c1-7-8(2)16(5-3-4-13)10-9(7)6-14-15-11(10)12/h6H,3-5H2,1-2H3. The molecule has 86 valence electrons. The van der Waals surface area contributed by atoms with Crippen molar-refractivity contribution in [1.82, 2.24) is 14.8 Å². The molecule has 0 spiro atoms. The van der Waals surface area contributed by atoms with Crippen molar-refractivity contribution in [2.75, 3.05) is 6.67 Å². The van der Waals surface area contributed by atoms with Crippen molar-refractivity contribution >= 4 is 22.5 Å². The molecule has 3 nitrogen and oxygen atoms in total. The Balaban J connectivity index is 2.66. The van der Waals surface area contributed by atoms with Crippen molar-refractivity contribution in [1.29, 1.82) is 0 Å². The number of halogens is 2. The smallest absolute Gasteiger partial charge is 0.175 e. The van der Waals surface area contributed by atoms with Crippen molar-refractivity contribution in [3.8, 4) is 0 Å². The van der Waals surface area contributed by atoms with Crippen molar-refractivity contribution < 1.29 is 4.39 Å². The van der Waals surface area contributed by atoms with Gasteiger partial charge in [0.1, 0.15) is 0 Å². The molecule has 2 heterocycles. The first kappa shape index (κ1) is 11.3. The summed E-state index contributed by atoms with van der Waals surface area (Å²) in [5.74, 6) is 0. The van der Waals surface area contributed by atoms with E-state index >= 15 is 0 Å². The number of aromatic nitrogens is 3. The first-order valence-corrected chi connectivity index (χ1v) is 5.57. The molecule has 0 bridgehead atoms. The van der Waals surface area contributed by atoms with Crippen LogP contribution < -0.4 is 0 Å². The van der Waals surface area contributed by atoms with Crippen LogP contribution in [-0.4, -0.2) is 21.4 Å². The summed E-state index contributed by atoms with van der Waals surface area (Å²) in [5.41, 5.74) is 3.09. The van der Waals surface area contributed by atoms with Crippen LogP contribution in [0.2, 0.25) is 5.15 Å². The minimum atomic E-state index is -0.325. The Morgan fingerprint density at radius 2 is 2.19 bits per heavy atom. The van der Waals surface area contributed by atoms with Crippen molar-refractivity contribution in [2.45, 2.75) is 26.8 Å². The summed E-state index contributed by atoms with van der Waals surface area (Å²) < 4.78 is 14.3. The fourth-order valence-electron chi connectivity index (χ4n) is 1.95. The van der Waals surface area contributed by atoms with Gasteiger partial charge in [-0.05, 0) is 25.8 Å². The quantitative estimate of drug-likeness (QED) is 0.827. The van der Waals surface area contributed by atoms with Gasteiger partial charge < -0.3 is 4.57 Å². The minimum Gasteiger partial charge on any atom is -0.342 e. The average molecular weight is 242 g/mol. The van der Waals surface area contributed by atoms with E-state index in [1.807, 2.05) is 18.4 Å². The molecule has 0 amide bonds. The van der Waals surface area contributed by atoms with Gasteiger partial charge in [-0.15, -0.1) is 5.10 Å². The monoisotopic (exact) mass is 241 g/mol. The molecule has 16 heavy (non-hydrogen) atoms. The second-order valence-corrected chi connectivity index (χ2v) is 4.16. The topological polar surface area (TPSA) is 30.7 Å². The van der Waals surface area contributed by atoms with Crippen LogP contribution >= 0.6 is 11.6 Å². The fraction of sp³-hybridized carbons (Fsp3) is 0.455. The van der Waals surface area contributed by atoms with Crippen LogP contribution in [0.1, 0.15) is 17.7 Å². The number of hydrogen-bond acceptors (Lipinski definition) is 2. The first-order chi connectivity index (χ1) is 7.66. The molecule has 2 rings (SSSR count). The van der Waals surface area contributed by atoms with Gasteiger partial charge in [-0.3, -0.25) is 4.39 Å². The number of fused-ring (bicyclic) bond motifs is 1. The van der Waals surface area contributed by atoms with Crippen LogP contribution in [-0.2, 0) is 6.54 Å². The molecule has 2 aromatic heterocycles. The maximum Gasteiger partial charge on any atom is 0.175 e. The van der Waals surface area contributed by atoms with Crippen LogP contribution in [0, 0.1) is 13.8 Å². The van der Waals surface area contributed by atoms with E-state index in [0.717, 1.165) is 22.2 Å². The average Bonchev–Trinajstić information content (AvgIpc) is 2.52. The first-order valence-electron chi connectivity index (χ1n) is 5.19. The normalized spacial score (nSPS) is 11.2. The van der Waals surface area contributed by atoms with Gasteiger partial charge in [-0.2, -0.15) is 5.10 Å². The van der Waals surface area contributed by atoms with Crippen molar-refractivity contribution in [2.24, 2.45) is 0 Å². The van der Waals surface area contributed by atoms with Crippen LogP contribution in [0.3, 0.4) is 0 Å². The lowest BCUT2D eigenvalue weighted by molar-refractivity contribution is 0.448. The molecule has 0 radical (unpaired) electrons. The van der Waals surface area contributed by atoms with E-state index in [-0.39, 0.29) is 6.67 Å². The van der Waals surface area contributed by atoms with E-state index in [1.54, 1.807) is 6.20 Å². The van der Waals surface area contributed by atoms with Gasteiger partial charge in [-0.1, -0.05) is 11.6 Å². The van der Waals surface area contributed by atoms with Gasteiger partial charge in [0.05, 0.1) is 18.4 Å². The summed E-state index contributed by atoms with van der Waals surface area (Å²) in [5, 5.41) is 9.05. The van der Waals surface area contributed by atoms with Gasteiger partial charge in [0.2, 0.25) is 0 Å². The molecule has 0 aliphatic rings. The van der Waals surface area contributed by atoms with Gasteiger partial charge in [0.25, 0.3) is 0 Å². The van der Waals surface area contributed by atoms with Gasteiger partial charge in [0.15, 0.2) is 5.15 Å². The highest BCUT2D eigenvalue weighted by Crippen LogP contribution is 2.28.